The van der Waals surface area contributed by atoms with Crippen LogP contribution in [-0.2, 0) is 11.2 Å². The Hall–Kier alpha value is -2.53. The standard InChI is InChI=1S/C23H27N3O2/c1-15-24-14-23(28-15)17-4-5-18-13-25-20(11-19(18)10-17)12-22(27)16-6-8-21(9-7-16)26(2)3/h4-5,10-11,13-14,16,21H,6-9,12H2,1-3H3/i2D3,3D3. The Labute approximate surface area is 174 Å². The van der Waals surface area contributed by atoms with Gasteiger partial charge in [-0.25, -0.2) is 4.98 Å². The number of aryl methyl sites for hydroxylation is 1. The number of pyridine rings is 1. The normalized spacial score (nSPS) is 24.1. The lowest BCUT2D eigenvalue weighted by Crippen LogP contribution is -2.34. The van der Waals surface area contributed by atoms with Crippen LogP contribution in [0.15, 0.2) is 41.1 Å². The summed E-state index contributed by atoms with van der Waals surface area (Å²) >= 11 is 0. The van der Waals surface area contributed by atoms with Crippen molar-refractivity contribution in [2.45, 2.75) is 45.1 Å². The van der Waals surface area contributed by atoms with Gasteiger partial charge in [-0.2, -0.15) is 0 Å². The van der Waals surface area contributed by atoms with E-state index in [1.54, 1.807) is 19.3 Å². The topological polar surface area (TPSA) is 59.2 Å². The third kappa shape index (κ3) is 3.99. The van der Waals surface area contributed by atoms with E-state index < -0.39 is 20.0 Å². The molecule has 0 spiro atoms. The lowest BCUT2D eigenvalue weighted by atomic mass is 9.82. The van der Waals surface area contributed by atoms with Gasteiger partial charge in [0.05, 0.1) is 6.20 Å². The molecule has 0 bridgehead atoms. The minimum atomic E-state index is -2.70. The molecule has 2 aromatic heterocycles. The Morgan fingerprint density at radius 2 is 1.96 bits per heavy atom. The van der Waals surface area contributed by atoms with Crippen LogP contribution in [0.5, 0.6) is 0 Å². The van der Waals surface area contributed by atoms with Crippen molar-refractivity contribution in [1.29, 1.82) is 0 Å². The molecule has 1 aliphatic carbocycles. The van der Waals surface area contributed by atoms with Crippen LogP contribution in [0.2, 0.25) is 0 Å². The Morgan fingerprint density at radius 3 is 2.68 bits per heavy atom. The van der Waals surface area contributed by atoms with Gasteiger partial charge in [-0.1, -0.05) is 12.1 Å². The largest absolute Gasteiger partial charge is 0.441 e. The van der Waals surface area contributed by atoms with Crippen molar-refractivity contribution in [2.24, 2.45) is 5.92 Å². The minimum Gasteiger partial charge on any atom is -0.441 e. The second-order valence-electron chi connectivity index (χ2n) is 7.50. The summed E-state index contributed by atoms with van der Waals surface area (Å²) in [7, 11) is 0. The van der Waals surface area contributed by atoms with Crippen molar-refractivity contribution < 1.29 is 17.4 Å². The Balaban J connectivity index is 1.43. The monoisotopic (exact) mass is 383 g/mol. The number of carbonyl (C=O) groups excluding carboxylic acids is 1. The first-order valence-electron chi connectivity index (χ1n) is 12.6. The minimum absolute atomic E-state index is 0.0432. The highest BCUT2D eigenvalue weighted by atomic mass is 16.4. The van der Waals surface area contributed by atoms with E-state index in [0.717, 1.165) is 16.3 Å². The molecule has 0 radical (unpaired) electrons. The van der Waals surface area contributed by atoms with E-state index in [-0.39, 0.29) is 18.1 Å². The summed E-state index contributed by atoms with van der Waals surface area (Å²) in [6.07, 6.45) is 5.26. The van der Waals surface area contributed by atoms with E-state index in [4.69, 9.17) is 12.6 Å². The van der Waals surface area contributed by atoms with E-state index in [2.05, 4.69) is 9.97 Å². The van der Waals surface area contributed by atoms with Crippen molar-refractivity contribution in [3.63, 3.8) is 0 Å². The smallest absolute Gasteiger partial charge is 0.191 e. The van der Waals surface area contributed by atoms with Crippen molar-refractivity contribution in [3.8, 4) is 11.3 Å². The van der Waals surface area contributed by atoms with E-state index in [9.17, 15) is 4.79 Å². The maximum Gasteiger partial charge on any atom is 0.191 e. The van der Waals surface area contributed by atoms with E-state index in [1.165, 1.54) is 0 Å². The van der Waals surface area contributed by atoms with Crippen LogP contribution in [0.4, 0.5) is 0 Å². The molecule has 0 saturated heterocycles. The number of Topliss-reactive ketones (excluding diaryl/α,β-unsaturated/α-hetero) is 1. The van der Waals surface area contributed by atoms with Gasteiger partial charge < -0.3 is 9.32 Å². The zero-order chi connectivity index (χ0) is 24.7. The number of aromatic nitrogens is 2. The van der Waals surface area contributed by atoms with Gasteiger partial charge >= 0.3 is 0 Å². The molecule has 5 heteroatoms. The number of nitrogens with zero attached hydrogens (tertiary/aromatic N) is 3. The van der Waals surface area contributed by atoms with Crippen LogP contribution in [0.3, 0.4) is 0 Å². The second kappa shape index (κ2) is 7.84. The lowest BCUT2D eigenvalue weighted by molar-refractivity contribution is -0.123. The van der Waals surface area contributed by atoms with E-state index >= 15 is 0 Å². The molecule has 1 saturated carbocycles. The van der Waals surface area contributed by atoms with Crippen LogP contribution in [0.25, 0.3) is 22.1 Å². The molecule has 1 aliphatic rings. The fourth-order valence-electron chi connectivity index (χ4n) is 3.91. The molecule has 4 rings (SSSR count). The number of hydrogen-bond acceptors (Lipinski definition) is 5. The molecule has 3 aromatic rings. The van der Waals surface area contributed by atoms with Crippen LogP contribution >= 0.6 is 0 Å². The van der Waals surface area contributed by atoms with Gasteiger partial charge in [0.15, 0.2) is 11.7 Å². The number of ketones is 1. The third-order valence-electron chi connectivity index (χ3n) is 5.56. The predicted octanol–water partition coefficient (Wildman–Crippen LogP) is 4.43. The summed E-state index contributed by atoms with van der Waals surface area (Å²) in [5, 5.41) is 1.89. The van der Waals surface area contributed by atoms with Crippen LogP contribution in [0, 0.1) is 12.8 Å². The summed E-state index contributed by atoms with van der Waals surface area (Å²) in [6, 6.07) is 7.17. The molecule has 5 nitrogen and oxygen atoms in total. The Kier molecular flexibility index (Phi) is 3.59. The highest BCUT2D eigenvalue weighted by molar-refractivity contribution is 5.88. The van der Waals surface area contributed by atoms with Gasteiger partial charge in [-0.05, 0) is 57.2 Å². The van der Waals surface area contributed by atoms with Crippen LogP contribution in [0.1, 0.15) is 45.5 Å². The molecular weight excluding hydrogens is 350 g/mol. The summed E-state index contributed by atoms with van der Waals surface area (Å²) < 4.78 is 51.3. The molecule has 0 N–H and O–H groups in total. The molecule has 2 heterocycles. The lowest BCUT2D eigenvalue weighted by Gasteiger charge is -2.31. The van der Waals surface area contributed by atoms with Gasteiger partial charge in [0.1, 0.15) is 5.78 Å². The molecule has 0 atom stereocenters. The van der Waals surface area contributed by atoms with E-state index in [0.29, 0.717) is 47.9 Å². The quantitative estimate of drug-likeness (QED) is 0.652. The average Bonchev–Trinajstić information content (AvgIpc) is 3.18. The summed E-state index contributed by atoms with van der Waals surface area (Å²) in [4.78, 5) is 22.2. The van der Waals surface area contributed by atoms with E-state index in [1.807, 2.05) is 24.3 Å². The Bertz CT molecular complexity index is 1170. The molecule has 1 aromatic carbocycles. The SMILES string of the molecule is [2H]C([2H])([2H])N(C1CCC(C(=O)Cc2cc3cc(-c4cnc(C)o4)ccc3cn2)CC1)C([2H])([2H])[2H]. The van der Waals surface area contributed by atoms with Gasteiger partial charge in [-0.15, -0.1) is 0 Å². The van der Waals surface area contributed by atoms with Crippen molar-refractivity contribution in [1.82, 2.24) is 14.9 Å². The van der Waals surface area contributed by atoms with Crippen molar-refractivity contribution in [2.75, 3.05) is 14.0 Å². The fraction of sp³-hybridized carbons (Fsp3) is 0.435. The summed E-state index contributed by atoms with van der Waals surface area (Å²) in [5.41, 5.74) is 1.56. The molecule has 1 fully saturated rings. The summed E-state index contributed by atoms with van der Waals surface area (Å²) in [5.74, 6) is 1.08. The number of benzene rings is 1. The molecule has 0 amide bonds. The fourth-order valence-corrected chi connectivity index (χ4v) is 3.91. The second-order valence-corrected chi connectivity index (χ2v) is 7.50. The van der Waals surface area contributed by atoms with Crippen LogP contribution < -0.4 is 0 Å². The predicted molar refractivity (Wildman–Crippen MR) is 110 cm³/mol. The first kappa shape index (κ1) is 12.8. The number of carbonyl (C=O) groups is 1. The van der Waals surface area contributed by atoms with Crippen LogP contribution in [-0.4, -0.2) is 40.6 Å². The number of oxazole rings is 1. The maximum absolute atomic E-state index is 13.0. The van der Waals surface area contributed by atoms with Gasteiger partial charge in [-0.3, -0.25) is 9.78 Å². The molecule has 0 aliphatic heterocycles. The number of hydrogen-bond donors (Lipinski definition) is 0. The van der Waals surface area contributed by atoms with Gasteiger partial charge in [0, 0.05) is 56.4 Å². The molecule has 146 valence electrons. The Morgan fingerprint density at radius 1 is 1.14 bits per heavy atom. The maximum atomic E-state index is 13.0. The zero-order valence-electron chi connectivity index (χ0n) is 21.8. The first-order chi connectivity index (χ1) is 15.9. The highest BCUT2D eigenvalue weighted by Crippen LogP contribution is 2.29. The third-order valence-corrected chi connectivity index (χ3v) is 5.56. The van der Waals surface area contributed by atoms with Gasteiger partial charge in [0.2, 0.25) is 0 Å². The molecule has 0 unspecified atom stereocenters. The summed E-state index contributed by atoms with van der Waals surface area (Å²) in [6.45, 7) is -3.62. The zero-order valence-corrected chi connectivity index (χ0v) is 15.8. The molecular formula is C23H27N3O2. The molecule has 28 heavy (non-hydrogen) atoms. The number of rotatable bonds is 5. The first-order valence-corrected chi connectivity index (χ1v) is 9.55. The average molecular weight is 384 g/mol. The van der Waals surface area contributed by atoms with Gasteiger partial charge in [0.25, 0.3) is 0 Å². The highest BCUT2D eigenvalue weighted by Gasteiger charge is 2.27. The van der Waals surface area contributed by atoms with Crippen molar-refractivity contribution >= 4 is 16.6 Å². The number of fused-ring (bicyclic) bond motifs is 1. The van der Waals surface area contributed by atoms with Crippen molar-refractivity contribution in [3.05, 3.63) is 48.2 Å².